The Labute approximate surface area is 141 Å². The Bertz CT molecular complexity index is 678. The van der Waals surface area contributed by atoms with E-state index in [2.05, 4.69) is 24.8 Å². The zero-order chi connectivity index (χ0) is 16.4. The molecule has 1 aliphatic carbocycles. The largest absolute Gasteiger partial charge is 0.343 e. The molecule has 3 heterocycles. The van der Waals surface area contributed by atoms with Crippen molar-refractivity contribution in [2.24, 2.45) is 11.8 Å². The smallest absolute Gasteiger partial charge is 0.225 e. The fraction of sp³-hybridized carbons (Fsp3) is 0.556. The predicted octanol–water partition coefficient (Wildman–Crippen LogP) is 2.45. The van der Waals surface area contributed by atoms with Gasteiger partial charge < -0.3 is 9.88 Å². The van der Waals surface area contributed by atoms with Crippen molar-refractivity contribution in [2.45, 2.75) is 38.5 Å². The number of amides is 1. The molecule has 6 nitrogen and oxygen atoms in total. The minimum atomic E-state index is 0.302. The fourth-order valence-corrected chi connectivity index (χ4v) is 3.63. The van der Waals surface area contributed by atoms with Crippen LogP contribution in [0.3, 0.4) is 0 Å². The van der Waals surface area contributed by atoms with E-state index in [-0.39, 0.29) is 0 Å². The van der Waals surface area contributed by atoms with Crippen LogP contribution in [-0.4, -0.2) is 43.8 Å². The molecule has 2 aliphatic rings. The van der Waals surface area contributed by atoms with Crippen LogP contribution in [-0.2, 0) is 11.2 Å². The van der Waals surface area contributed by atoms with Gasteiger partial charge in [0.15, 0.2) is 5.82 Å². The Hall–Kier alpha value is -2.24. The number of rotatable bonds is 4. The molecule has 2 aromatic heterocycles. The van der Waals surface area contributed by atoms with Crippen LogP contribution >= 0.6 is 0 Å². The average molecular weight is 325 g/mol. The van der Waals surface area contributed by atoms with E-state index in [9.17, 15) is 4.79 Å². The van der Waals surface area contributed by atoms with Crippen molar-refractivity contribution < 1.29 is 4.79 Å². The molecule has 1 aliphatic heterocycles. The second-order valence-electron chi connectivity index (χ2n) is 6.96. The average Bonchev–Trinajstić information content (AvgIpc) is 3.09. The number of nitrogens with zero attached hydrogens (tertiary/aromatic N) is 4. The van der Waals surface area contributed by atoms with Crippen LogP contribution in [0.15, 0.2) is 24.8 Å². The summed E-state index contributed by atoms with van der Waals surface area (Å²) in [7, 11) is 0. The van der Waals surface area contributed by atoms with Crippen LogP contribution in [0.2, 0.25) is 0 Å². The van der Waals surface area contributed by atoms with Crippen LogP contribution in [0, 0.1) is 11.8 Å². The number of aromatic nitrogens is 4. The van der Waals surface area contributed by atoms with E-state index in [1.54, 1.807) is 18.6 Å². The van der Waals surface area contributed by atoms with Crippen molar-refractivity contribution in [1.82, 2.24) is 24.8 Å². The lowest BCUT2D eigenvalue weighted by molar-refractivity contribution is -0.140. The molecule has 1 atom stereocenters. The third kappa shape index (κ3) is 3.18. The van der Waals surface area contributed by atoms with E-state index < -0.39 is 0 Å². The molecule has 0 radical (unpaired) electrons. The molecule has 0 unspecified atom stereocenters. The topological polar surface area (TPSA) is 74.8 Å². The van der Waals surface area contributed by atoms with E-state index in [0.29, 0.717) is 17.7 Å². The van der Waals surface area contributed by atoms with Gasteiger partial charge in [-0.25, -0.2) is 9.97 Å². The Morgan fingerprint density at radius 1 is 1.17 bits per heavy atom. The molecule has 0 spiro atoms. The highest BCUT2D eigenvalue weighted by Gasteiger charge is 2.32. The van der Waals surface area contributed by atoms with Gasteiger partial charge in [-0.3, -0.25) is 9.78 Å². The number of imidazole rings is 1. The first-order chi connectivity index (χ1) is 11.8. The van der Waals surface area contributed by atoms with Crippen LogP contribution in [0.5, 0.6) is 0 Å². The first-order valence-corrected chi connectivity index (χ1v) is 8.89. The predicted molar refractivity (Wildman–Crippen MR) is 90.0 cm³/mol. The molecule has 1 amide bonds. The molecule has 2 fully saturated rings. The number of piperidine rings is 1. The summed E-state index contributed by atoms with van der Waals surface area (Å²) in [5, 5.41) is 0. The van der Waals surface area contributed by atoms with E-state index in [4.69, 9.17) is 0 Å². The summed E-state index contributed by atoms with van der Waals surface area (Å²) >= 11 is 0. The van der Waals surface area contributed by atoms with E-state index >= 15 is 0 Å². The van der Waals surface area contributed by atoms with Crippen molar-refractivity contribution in [3.8, 4) is 11.5 Å². The van der Waals surface area contributed by atoms with E-state index in [1.165, 1.54) is 6.42 Å². The second-order valence-corrected chi connectivity index (χ2v) is 6.96. The third-order valence-corrected chi connectivity index (χ3v) is 5.23. The maximum atomic E-state index is 12.4. The van der Waals surface area contributed by atoms with Gasteiger partial charge in [0.1, 0.15) is 5.69 Å². The van der Waals surface area contributed by atoms with Gasteiger partial charge in [0, 0.05) is 37.6 Å². The number of hydrogen-bond donors (Lipinski definition) is 1. The number of nitrogens with one attached hydrogen (secondary N) is 1. The molecular weight excluding hydrogens is 302 g/mol. The molecule has 1 saturated carbocycles. The van der Waals surface area contributed by atoms with Gasteiger partial charge in [0.25, 0.3) is 0 Å². The molecule has 1 saturated heterocycles. The van der Waals surface area contributed by atoms with Gasteiger partial charge in [0.05, 0.1) is 11.9 Å². The van der Waals surface area contributed by atoms with Crippen LogP contribution in [0.1, 0.15) is 37.8 Å². The number of H-pyrrole nitrogens is 1. The number of likely N-dealkylation sites (tertiary alicyclic amines) is 1. The Morgan fingerprint density at radius 2 is 2.08 bits per heavy atom. The molecular formula is C18H23N5O. The minimum absolute atomic E-state index is 0.302. The van der Waals surface area contributed by atoms with Gasteiger partial charge >= 0.3 is 0 Å². The minimum Gasteiger partial charge on any atom is -0.343 e. The summed E-state index contributed by atoms with van der Waals surface area (Å²) in [6.45, 7) is 1.80. The molecule has 126 valence electrons. The highest BCUT2D eigenvalue weighted by atomic mass is 16.2. The molecule has 0 bridgehead atoms. The summed E-state index contributed by atoms with van der Waals surface area (Å²) in [5.74, 6) is 1.91. The summed E-state index contributed by atoms with van der Waals surface area (Å²) in [5.41, 5.74) is 1.75. The SMILES string of the molecule is O=C(C1CCC1)N1CCC[C@H](Cc2cnc(-c3ncc[nH]3)cn2)C1. The van der Waals surface area contributed by atoms with Gasteiger partial charge in [-0.1, -0.05) is 6.42 Å². The summed E-state index contributed by atoms with van der Waals surface area (Å²) in [6.07, 6.45) is 13.6. The third-order valence-electron chi connectivity index (χ3n) is 5.23. The quantitative estimate of drug-likeness (QED) is 0.937. The highest BCUT2D eigenvalue weighted by molar-refractivity contribution is 5.79. The first-order valence-electron chi connectivity index (χ1n) is 8.89. The van der Waals surface area contributed by atoms with E-state index in [1.807, 2.05) is 6.20 Å². The monoisotopic (exact) mass is 325 g/mol. The zero-order valence-electron chi connectivity index (χ0n) is 13.8. The van der Waals surface area contributed by atoms with Crippen LogP contribution < -0.4 is 0 Å². The molecule has 24 heavy (non-hydrogen) atoms. The number of hydrogen-bond acceptors (Lipinski definition) is 4. The van der Waals surface area contributed by atoms with Gasteiger partial charge in [0.2, 0.25) is 5.91 Å². The Kier molecular flexibility index (Phi) is 4.28. The first kappa shape index (κ1) is 15.3. The molecule has 4 rings (SSSR count). The van der Waals surface area contributed by atoms with Crippen molar-refractivity contribution in [3.63, 3.8) is 0 Å². The van der Waals surface area contributed by atoms with Crippen LogP contribution in [0.4, 0.5) is 0 Å². The molecule has 1 N–H and O–H groups in total. The number of carbonyl (C=O) groups excluding carboxylic acids is 1. The Balaban J connectivity index is 1.36. The number of aromatic amines is 1. The van der Waals surface area contributed by atoms with Gasteiger partial charge in [-0.15, -0.1) is 0 Å². The zero-order valence-corrected chi connectivity index (χ0v) is 13.8. The summed E-state index contributed by atoms with van der Waals surface area (Å²) in [6, 6.07) is 0. The van der Waals surface area contributed by atoms with Gasteiger partial charge in [-0.05, 0) is 38.0 Å². The molecule has 0 aromatic carbocycles. The van der Waals surface area contributed by atoms with Crippen molar-refractivity contribution in [1.29, 1.82) is 0 Å². The van der Waals surface area contributed by atoms with Gasteiger partial charge in [-0.2, -0.15) is 0 Å². The molecule has 2 aromatic rings. The van der Waals surface area contributed by atoms with E-state index in [0.717, 1.165) is 62.4 Å². The van der Waals surface area contributed by atoms with Crippen molar-refractivity contribution >= 4 is 5.91 Å². The van der Waals surface area contributed by atoms with Crippen LogP contribution in [0.25, 0.3) is 11.5 Å². The maximum Gasteiger partial charge on any atom is 0.225 e. The maximum absolute atomic E-state index is 12.4. The summed E-state index contributed by atoms with van der Waals surface area (Å²) < 4.78 is 0. The highest BCUT2D eigenvalue weighted by Crippen LogP contribution is 2.30. The lowest BCUT2D eigenvalue weighted by Gasteiger charge is -2.37. The Morgan fingerprint density at radius 3 is 2.75 bits per heavy atom. The lowest BCUT2D eigenvalue weighted by atomic mass is 9.83. The standard InChI is InChI=1S/C18H23N5O/c24-18(14-4-1-5-14)23-8-2-3-13(12-23)9-15-10-22-16(11-21-15)17-19-6-7-20-17/h6-7,10-11,13-14H,1-5,8-9,12H2,(H,19,20)/t13-/m1/s1. The van der Waals surface area contributed by atoms with Crippen molar-refractivity contribution in [3.05, 3.63) is 30.5 Å². The normalized spacial score (nSPS) is 21.5. The lowest BCUT2D eigenvalue weighted by Crippen LogP contribution is -2.45. The number of carbonyl (C=O) groups is 1. The summed E-state index contributed by atoms with van der Waals surface area (Å²) in [4.78, 5) is 30.7. The fourth-order valence-electron chi connectivity index (χ4n) is 3.63. The second kappa shape index (κ2) is 6.71. The molecule has 6 heteroatoms. The van der Waals surface area contributed by atoms with Crippen molar-refractivity contribution in [2.75, 3.05) is 13.1 Å².